The molecule has 1 aliphatic rings. The monoisotopic (exact) mass is 265 g/mol. The van der Waals surface area contributed by atoms with E-state index in [1.807, 2.05) is 7.05 Å². The average molecular weight is 265 g/mol. The summed E-state index contributed by atoms with van der Waals surface area (Å²) >= 11 is 0. The number of carbonyl (C=O) groups excluding carboxylic acids is 1. The molecule has 0 radical (unpaired) electrons. The summed E-state index contributed by atoms with van der Waals surface area (Å²) in [5.74, 6) is 0.695. The van der Waals surface area contributed by atoms with Crippen LogP contribution in [0.5, 0.6) is 0 Å². The number of nitrogens with zero attached hydrogens (tertiary/aromatic N) is 3. The zero-order chi connectivity index (χ0) is 13.7. The lowest BCUT2D eigenvalue weighted by Crippen LogP contribution is -2.45. The van der Waals surface area contributed by atoms with E-state index in [2.05, 4.69) is 15.4 Å². The zero-order valence-electron chi connectivity index (χ0n) is 11.6. The van der Waals surface area contributed by atoms with Crippen molar-refractivity contribution in [3.05, 3.63) is 12.2 Å². The van der Waals surface area contributed by atoms with Gasteiger partial charge in [-0.2, -0.15) is 5.10 Å². The first-order chi connectivity index (χ1) is 9.16. The normalized spacial score (nSPS) is 18.8. The summed E-state index contributed by atoms with van der Waals surface area (Å²) in [6, 6.07) is 0. The Bertz CT molecular complexity index is 420. The number of hydrogen-bond acceptors (Lipinski definition) is 4. The van der Waals surface area contributed by atoms with Gasteiger partial charge in [-0.3, -0.25) is 9.48 Å². The maximum atomic E-state index is 12.4. The molecule has 0 atom stereocenters. The molecule has 1 heterocycles. The van der Waals surface area contributed by atoms with Gasteiger partial charge in [0.05, 0.1) is 12.0 Å². The van der Waals surface area contributed by atoms with E-state index < -0.39 is 0 Å². The molecule has 2 rings (SSSR count). The Balaban J connectivity index is 1.96. The molecule has 0 bridgehead atoms. The van der Waals surface area contributed by atoms with Gasteiger partial charge in [-0.15, -0.1) is 0 Å². The van der Waals surface area contributed by atoms with Crippen molar-refractivity contribution in [2.45, 2.75) is 45.1 Å². The van der Waals surface area contributed by atoms with Gasteiger partial charge in [-0.05, 0) is 12.8 Å². The molecule has 1 saturated carbocycles. The van der Waals surface area contributed by atoms with Crippen LogP contribution in [0, 0.1) is 5.41 Å². The van der Waals surface area contributed by atoms with Crippen LogP contribution < -0.4 is 11.1 Å². The van der Waals surface area contributed by atoms with Crippen LogP contribution in [0.15, 0.2) is 6.33 Å². The Morgan fingerprint density at radius 1 is 1.42 bits per heavy atom. The van der Waals surface area contributed by atoms with Gasteiger partial charge in [0, 0.05) is 13.6 Å². The number of amides is 1. The maximum Gasteiger partial charge on any atom is 0.227 e. The second-order valence-electron chi connectivity index (χ2n) is 5.42. The van der Waals surface area contributed by atoms with Crippen molar-refractivity contribution in [1.82, 2.24) is 20.1 Å². The van der Waals surface area contributed by atoms with Crippen molar-refractivity contribution in [3.8, 4) is 0 Å². The van der Waals surface area contributed by atoms with E-state index in [9.17, 15) is 4.79 Å². The van der Waals surface area contributed by atoms with Gasteiger partial charge in [0.25, 0.3) is 0 Å². The van der Waals surface area contributed by atoms with Gasteiger partial charge in [0.1, 0.15) is 6.33 Å². The minimum absolute atomic E-state index is 0.0596. The Labute approximate surface area is 113 Å². The quantitative estimate of drug-likeness (QED) is 0.786. The van der Waals surface area contributed by atoms with Crippen molar-refractivity contribution in [3.63, 3.8) is 0 Å². The standard InChI is InChI=1S/C13H23N5O/c1-18-10-16-11(17-18)8-15-12(19)13(9-14)6-4-2-3-5-7-13/h10H,2-9,14H2,1H3,(H,15,19). The van der Waals surface area contributed by atoms with E-state index in [0.717, 1.165) is 25.7 Å². The predicted molar refractivity (Wildman–Crippen MR) is 72.0 cm³/mol. The summed E-state index contributed by atoms with van der Waals surface area (Å²) < 4.78 is 1.63. The third-order valence-corrected chi connectivity index (χ3v) is 3.99. The van der Waals surface area contributed by atoms with Crippen LogP contribution in [-0.2, 0) is 18.4 Å². The van der Waals surface area contributed by atoms with Crippen LogP contribution in [0.2, 0.25) is 0 Å². The number of carbonyl (C=O) groups is 1. The molecule has 106 valence electrons. The van der Waals surface area contributed by atoms with Crippen LogP contribution in [0.1, 0.15) is 44.3 Å². The summed E-state index contributed by atoms with van der Waals surface area (Å²) in [6.45, 7) is 0.801. The lowest BCUT2D eigenvalue weighted by Gasteiger charge is -2.29. The minimum Gasteiger partial charge on any atom is -0.348 e. The second kappa shape index (κ2) is 6.14. The molecule has 1 fully saturated rings. The number of aryl methyl sites for hydroxylation is 1. The first-order valence-corrected chi connectivity index (χ1v) is 6.99. The van der Waals surface area contributed by atoms with E-state index >= 15 is 0 Å². The average Bonchev–Trinajstić information content (AvgIpc) is 2.69. The summed E-state index contributed by atoms with van der Waals surface area (Å²) in [6.07, 6.45) is 8.01. The predicted octanol–water partition coefficient (Wildman–Crippen LogP) is 0.731. The molecular formula is C13H23N5O. The van der Waals surface area contributed by atoms with E-state index in [1.165, 1.54) is 12.8 Å². The van der Waals surface area contributed by atoms with E-state index in [-0.39, 0.29) is 11.3 Å². The number of aromatic nitrogens is 3. The number of nitrogens with one attached hydrogen (secondary N) is 1. The Morgan fingerprint density at radius 2 is 2.11 bits per heavy atom. The molecule has 1 aliphatic carbocycles. The van der Waals surface area contributed by atoms with Crippen LogP contribution in [0.25, 0.3) is 0 Å². The van der Waals surface area contributed by atoms with Gasteiger partial charge in [0.2, 0.25) is 5.91 Å². The third-order valence-electron chi connectivity index (χ3n) is 3.99. The molecule has 19 heavy (non-hydrogen) atoms. The van der Waals surface area contributed by atoms with Gasteiger partial charge in [-0.25, -0.2) is 4.98 Å². The van der Waals surface area contributed by atoms with Crippen molar-refractivity contribution in [2.24, 2.45) is 18.2 Å². The van der Waals surface area contributed by atoms with E-state index in [1.54, 1.807) is 11.0 Å². The minimum atomic E-state index is -0.384. The molecule has 6 nitrogen and oxygen atoms in total. The number of rotatable bonds is 4. The molecule has 0 saturated heterocycles. The molecule has 6 heteroatoms. The Kier molecular flexibility index (Phi) is 4.52. The lowest BCUT2D eigenvalue weighted by atomic mass is 9.79. The fourth-order valence-corrected chi connectivity index (χ4v) is 2.74. The summed E-state index contributed by atoms with van der Waals surface area (Å²) in [4.78, 5) is 16.5. The molecular weight excluding hydrogens is 242 g/mol. The summed E-state index contributed by atoms with van der Waals surface area (Å²) in [7, 11) is 1.81. The Morgan fingerprint density at radius 3 is 2.63 bits per heavy atom. The maximum absolute atomic E-state index is 12.4. The van der Waals surface area contributed by atoms with Crippen LogP contribution in [0.4, 0.5) is 0 Å². The molecule has 1 aromatic rings. The number of nitrogens with two attached hydrogens (primary N) is 1. The van der Waals surface area contributed by atoms with E-state index in [0.29, 0.717) is 18.9 Å². The molecule has 1 aromatic heterocycles. The highest BCUT2D eigenvalue weighted by molar-refractivity contribution is 5.82. The van der Waals surface area contributed by atoms with Crippen LogP contribution >= 0.6 is 0 Å². The molecule has 1 amide bonds. The van der Waals surface area contributed by atoms with Crippen LogP contribution in [0.3, 0.4) is 0 Å². The topological polar surface area (TPSA) is 85.8 Å². The highest BCUT2D eigenvalue weighted by Gasteiger charge is 2.37. The Hall–Kier alpha value is -1.43. The van der Waals surface area contributed by atoms with Gasteiger partial charge in [0.15, 0.2) is 5.82 Å². The van der Waals surface area contributed by atoms with Crippen molar-refractivity contribution in [2.75, 3.05) is 6.54 Å². The molecule has 0 spiro atoms. The van der Waals surface area contributed by atoms with Crippen LogP contribution in [-0.4, -0.2) is 27.2 Å². The van der Waals surface area contributed by atoms with E-state index in [4.69, 9.17) is 5.73 Å². The first-order valence-electron chi connectivity index (χ1n) is 6.99. The molecule has 0 aliphatic heterocycles. The highest BCUT2D eigenvalue weighted by atomic mass is 16.2. The smallest absolute Gasteiger partial charge is 0.227 e. The van der Waals surface area contributed by atoms with Gasteiger partial charge in [-0.1, -0.05) is 25.7 Å². The van der Waals surface area contributed by atoms with Crippen molar-refractivity contribution < 1.29 is 4.79 Å². The third kappa shape index (κ3) is 3.32. The lowest BCUT2D eigenvalue weighted by molar-refractivity contribution is -0.131. The van der Waals surface area contributed by atoms with Gasteiger partial charge >= 0.3 is 0 Å². The first kappa shape index (κ1) is 14.0. The zero-order valence-corrected chi connectivity index (χ0v) is 11.6. The van der Waals surface area contributed by atoms with Gasteiger partial charge < -0.3 is 11.1 Å². The highest BCUT2D eigenvalue weighted by Crippen LogP contribution is 2.34. The van der Waals surface area contributed by atoms with Crippen molar-refractivity contribution >= 4 is 5.91 Å². The fourth-order valence-electron chi connectivity index (χ4n) is 2.74. The largest absolute Gasteiger partial charge is 0.348 e. The number of hydrogen-bond donors (Lipinski definition) is 2. The summed E-state index contributed by atoms with van der Waals surface area (Å²) in [5.41, 5.74) is 5.50. The molecule has 3 N–H and O–H groups in total. The molecule has 0 unspecified atom stereocenters. The molecule has 0 aromatic carbocycles. The SMILES string of the molecule is Cn1cnc(CNC(=O)C2(CN)CCCCCC2)n1. The van der Waals surface area contributed by atoms with Crippen molar-refractivity contribution in [1.29, 1.82) is 0 Å². The second-order valence-corrected chi connectivity index (χ2v) is 5.42. The summed E-state index contributed by atoms with van der Waals surface area (Å²) in [5, 5.41) is 7.10. The fraction of sp³-hybridized carbons (Fsp3) is 0.769.